The van der Waals surface area contributed by atoms with Gasteiger partial charge in [0.05, 0.1) is 36.1 Å². The molecule has 412 valence electrons. The van der Waals surface area contributed by atoms with Gasteiger partial charge in [-0.1, -0.05) is 59.6 Å². The maximum Gasteiger partial charge on any atom is 0.264 e. The minimum Gasteiger partial charge on any atom is -0.490 e. The van der Waals surface area contributed by atoms with E-state index in [0.29, 0.717) is 50.9 Å². The summed E-state index contributed by atoms with van der Waals surface area (Å²) in [6.07, 6.45) is 15.5. The molecule has 16 nitrogen and oxygen atoms in total. The highest BCUT2D eigenvalue weighted by Crippen LogP contribution is 2.48. The van der Waals surface area contributed by atoms with Crippen LogP contribution >= 0.6 is 23.2 Å². The second kappa shape index (κ2) is 21.9. The number of ether oxygens (including phenoxy) is 2. The van der Waals surface area contributed by atoms with Crippen molar-refractivity contribution < 1.29 is 45.5 Å². The normalized spacial score (nSPS) is 29.0. The summed E-state index contributed by atoms with van der Waals surface area (Å²) in [5.41, 5.74) is 6.36. The van der Waals surface area contributed by atoms with Gasteiger partial charge in [0.25, 0.3) is 11.8 Å². The molecule has 8 aliphatic rings. The molecule has 0 saturated heterocycles. The Hall–Kier alpha value is -6.08. The van der Waals surface area contributed by atoms with Crippen molar-refractivity contribution in [2.45, 2.75) is 75.0 Å². The largest absolute Gasteiger partial charge is 0.490 e. The van der Waals surface area contributed by atoms with Crippen LogP contribution in [0.5, 0.6) is 11.5 Å². The number of sulfonamides is 2. The Labute approximate surface area is 465 Å². The molecule has 2 fully saturated rings. The van der Waals surface area contributed by atoms with Crippen molar-refractivity contribution in [3.63, 3.8) is 0 Å². The van der Waals surface area contributed by atoms with Crippen LogP contribution in [0.15, 0.2) is 97.1 Å². The zero-order valence-corrected chi connectivity index (χ0v) is 46.4. The maximum atomic E-state index is 13.0. The Balaban J connectivity index is 0.000000165. The third-order valence-electron chi connectivity index (χ3n) is 17.3. The quantitative estimate of drug-likeness (QED) is 0.129. The number of fused-ring (bicyclic) bond motifs is 8. The smallest absolute Gasteiger partial charge is 0.264 e. The average Bonchev–Trinajstić information content (AvgIpc) is 3.82. The van der Waals surface area contributed by atoms with Crippen molar-refractivity contribution >= 4 is 78.3 Å². The number of nitrogens with one attached hydrogen (secondary N) is 4. The molecule has 0 unspecified atom stereocenters. The number of carbonyl (C=O) groups is 4. The minimum atomic E-state index is -3.89. The predicted octanol–water partition coefficient (Wildman–Crippen LogP) is 7.17. The second-order valence-corrected chi connectivity index (χ2v) is 26.7. The van der Waals surface area contributed by atoms with Crippen molar-refractivity contribution in [2.24, 2.45) is 23.7 Å². The van der Waals surface area contributed by atoms with Crippen LogP contribution in [0.3, 0.4) is 0 Å². The summed E-state index contributed by atoms with van der Waals surface area (Å²) in [5, 5.41) is 7.28. The van der Waals surface area contributed by atoms with E-state index in [-0.39, 0.29) is 82.0 Å². The third kappa shape index (κ3) is 11.2. The molecule has 4 aromatic rings. The number of rotatable bonds is 0. The Kier molecular flexibility index (Phi) is 15.1. The highest BCUT2D eigenvalue weighted by atomic mass is 35.5. The van der Waals surface area contributed by atoms with Crippen molar-refractivity contribution in [3.05, 3.63) is 141 Å². The fourth-order valence-corrected chi connectivity index (χ4v) is 15.1. The first kappa shape index (κ1) is 53.9. The lowest BCUT2D eigenvalue weighted by atomic mass is 9.69. The number of hydrogen-bond donors (Lipinski definition) is 4. The van der Waals surface area contributed by atoms with E-state index < -0.39 is 31.9 Å². The van der Waals surface area contributed by atoms with Crippen LogP contribution in [0.1, 0.15) is 94.3 Å². The van der Waals surface area contributed by atoms with E-state index in [9.17, 15) is 36.0 Å². The van der Waals surface area contributed by atoms with Crippen LogP contribution < -0.4 is 39.4 Å². The van der Waals surface area contributed by atoms with Crippen LogP contribution in [0.2, 0.25) is 10.0 Å². The molecule has 0 aromatic heterocycles. The number of benzene rings is 4. The van der Waals surface area contributed by atoms with Crippen molar-refractivity contribution in [3.8, 4) is 11.5 Å². The van der Waals surface area contributed by atoms with Gasteiger partial charge in [-0.25, -0.2) is 26.3 Å². The van der Waals surface area contributed by atoms with Crippen LogP contribution in [0, 0.1) is 23.7 Å². The van der Waals surface area contributed by atoms with E-state index in [4.69, 9.17) is 32.7 Å². The molecular formula is C58H64Cl2N6O10S2. The van der Waals surface area contributed by atoms with Gasteiger partial charge in [-0.15, -0.1) is 0 Å². The summed E-state index contributed by atoms with van der Waals surface area (Å²) >= 11 is 12.7. The van der Waals surface area contributed by atoms with E-state index in [1.54, 1.807) is 48.6 Å². The molecule has 4 heterocycles. The van der Waals surface area contributed by atoms with Gasteiger partial charge in [-0.3, -0.25) is 19.2 Å². The first-order chi connectivity index (χ1) is 37.5. The SMILES string of the molecule is O=C1NS(=O)(=O)C/C=C/CNC(=O)[C@@H]2CC[C@H]2CN2C[C@@]3(CCCc4cc(Cl)ccc43)COc3ccc1cc32.O=C1NS(=O)(=O)C/C=C\CNC(=O)[C@@H]2CC[C@H]2CN2C[C@@]3(CCCc4cc(Cl)ccc43)COc3ccc1cc32. The lowest BCUT2D eigenvalue weighted by Crippen LogP contribution is -2.50. The molecule has 78 heavy (non-hydrogen) atoms. The fourth-order valence-electron chi connectivity index (χ4n) is 13.0. The van der Waals surface area contributed by atoms with E-state index in [2.05, 4.69) is 42.0 Å². The lowest BCUT2D eigenvalue weighted by molar-refractivity contribution is -0.130. The van der Waals surface area contributed by atoms with Crippen LogP contribution in [0.25, 0.3) is 0 Å². The molecule has 2 spiro atoms. The van der Waals surface area contributed by atoms with Crippen LogP contribution in [-0.2, 0) is 53.3 Å². The number of hydrogen-bond acceptors (Lipinski definition) is 12. The molecule has 20 heteroatoms. The number of carbonyl (C=O) groups excluding carboxylic acids is 4. The Morgan fingerprint density at radius 3 is 1.38 bits per heavy atom. The average molecular weight is 1140 g/mol. The Morgan fingerprint density at radius 1 is 0.538 bits per heavy atom. The molecule has 4 aromatic carbocycles. The number of amides is 4. The van der Waals surface area contributed by atoms with Crippen molar-refractivity contribution in [1.82, 2.24) is 20.1 Å². The van der Waals surface area contributed by atoms with Gasteiger partial charge in [0, 0.05) is 83.1 Å². The Morgan fingerprint density at radius 2 is 0.974 bits per heavy atom. The third-order valence-corrected chi connectivity index (χ3v) is 20.0. The molecule has 12 rings (SSSR count). The summed E-state index contributed by atoms with van der Waals surface area (Å²) in [5.74, 6) is -0.669. The summed E-state index contributed by atoms with van der Waals surface area (Å²) in [6, 6.07) is 22.4. The van der Waals surface area contributed by atoms with Gasteiger partial charge >= 0.3 is 0 Å². The zero-order valence-electron chi connectivity index (χ0n) is 43.2. The number of nitrogens with zero attached hydrogens (tertiary/aromatic N) is 2. The summed E-state index contributed by atoms with van der Waals surface area (Å²) in [7, 11) is -7.77. The molecular weight excluding hydrogens is 1080 g/mol. The fraction of sp³-hybridized carbons (Fsp3) is 0.448. The Bertz CT molecular complexity index is 3140. The molecule has 4 aliphatic carbocycles. The molecule has 6 atom stereocenters. The van der Waals surface area contributed by atoms with E-state index in [1.165, 1.54) is 34.4 Å². The summed E-state index contributed by atoms with van der Waals surface area (Å²) < 4.78 is 67.3. The highest BCUT2D eigenvalue weighted by Gasteiger charge is 2.47. The zero-order chi connectivity index (χ0) is 54.4. The number of aryl methyl sites for hydroxylation is 2. The van der Waals surface area contributed by atoms with Gasteiger partial charge in [-0.05, 0) is 159 Å². The van der Waals surface area contributed by atoms with Gasteiger partial charge in [-0.2, -0.15) is 0 Å². The van der Waals surface area contributed by atoms with E-state index in [0.717, 1.165) is 85.6 Å². The number of anilines is 2. The van der Waals surface area contributed by atoms with Crippen molar-refractivity contribution in [1.29, 1.82) is 0 Å². The molecule has 4 bridgehead atoms. The standard InChI is InChI=1S/2C29H32ClN3O5S/c2*30-22-7-9-24-19(14-22)4-3-11-29(24)17-33-16-21-5-8-23(21)28(35)31-12-1-2-13-39(36,37)32-27(34)20-6-10-26(38-18-29)25(33)15-20/h2*1-2,6-7,9-10,14-15,21,23H,3-5,8,11-13,16-18H2,(H,31,35)(H,32,34)/b2-1+;2-1-/t2*21-,23+,29-/m00/s1. The van der Waals surface area contributed by atoms with Gasteiger partial charge in [0.1, 0.15) is 11.5 Å². The molecule has 2 saturated carbocycles. The first-order valence-corrected chi connectivity index (χ1v) is 31.1. The van der Waals surface area contributed by atoms with Gasteiger partial charge in [0.2, 0.25) is 31.9 Å². The van der Waals surface area contributed by atoms with Crippen LogP contribution in [-0.4, -0.2) is 104 Å². The van der Waals surface area contributed by atoms with Gasteiger partial charge < -0.3 is 29.9 Å². The molecule has 4 amide bonds. The van der Waals surface area contributed by atoms with Gasteiger partial charge in [0.15, 0.2) is 0 Å². The molecule has 4 N–H and O–H groups in total. The summed E-state index contributed by atoms with van der Waals surface area (Å²) in [4.78, 5) is 56.5. The van der Waals surface area contributed by atoms with Crippen LogP contribution in [0.4, 0.5) is 11.4 Å². The molecule has 4 aliphatic heterocycles. The predicted molar refractivity (Wildman–Crippen MR) is 300 cm³/mol. The monoisotopic (exact) mass is 1140 g/mol. The highest BCUT2D eigenvalue weighted by molar-refractivity contribution is 7.90. The topological polar surface area (TPSA) is 210 Å². The maximum absolute atomic E-state index is 13.0. The first-order valence-electron chi connectivity index (χ1n) is 27.0. The molecule has 0 radical (unpaired) electrons. The van der Waals surface area contributed by atoms with E-state index >= 15 is 0 Å². The van der Waals surface area contributed by atoms with E-state index in [1.807, 2.05) is 24.3 Å². The summed E-state index contributed by atoms with van der Waals surface area (Å²) in [6.45, 7) is 4.04. The van der Waals surface area contributed by atoms with Crippen molar-refractivity contribution in [2.75, 3.05) is 73.8 Å². The number of halogens is 2. The lowest BCUT2D eigenvalue weighted by Gasteiger charge is -2.44. The second-order valence-electron chi connectivity index (χ2n) is 22.3. The minimum absolute atomic E-state index is 0.00781.